The summed E-state index contributed by atoms with van der Waals surface area (Å²) in [4.78, 5) is -0.165. The molecule has 0 bridgehead atoms. The first-order valence-corrected chi connectivity index (χ1v) is 8.73. The van der Waals surface area contributed by atoms with Gasteiger partial charge in [0, 0.05) is 6.04 Å². The van der Waals surface area contributed by atoms with Crippen LogP contribution in [0.25, 0.3) is 0 Å². The number of benzene rings is 1. The summed E-state index contributed by atoms with van der Waals surface area (Å²) in [7, 11) is -3.63. The van der Waals surface area contributed by atoms with Crippen LogP contribution in [-0.2, 0) is 9.84 Å². The van der Waals surface area contributed by atoms with Gasteiger partial charge >= 0.3 is 0 Å². The van der Waals surface area contributed by atoms with Crippen molar-refractivity contribution in [3.63, 3.8) is 0 Å². The quantitative estimate of drug-likeness (QED) is 0.930. The Kier molecular flexibility index (Phi) is 4.81. The van der Waals surface area contributed by atoms with Gasteiger partial charge in [-0.2, -0.15) is 0 Å². The number of hydrogen-bond donors (Lipinski definition) is 1. The van der Waals surface area contributed by atoms with E-state index >= 15 is 0 Å². The molecule has 1 saturated carbocycles. The average Bonchev–Trinajstić information content (AvgIpc) is 2.41. The Bertz CT molecular complexity index is 559. The Morgan fingerprint density at radius 3 is 2.65 bits per heavy atom. The van der Waals surface area contributed by atoms with E-state index in [4.69, 9.17) is 0 Å². The van der Waals surface area contributed by atoms with Gasteiger partial charge in [0.15, 0.2) is 9.84 Å². The molecule has 1 aromatic carbocycles. The maximum atomic E-state index is 13.9. The predicted octanol–water partition coefficient (Wildman–Crippen LogP) is 2.77. The molecule has 5 heteroatoms. The van der Waals surface area contributed by atoms with Crippen LogP contribution in [0.4, 0.5) is 4.39 Å². The molecule has 3 nitrogen and oxygen atoms in total. The van der Waals surface area contributed by atoms with E-state index in [0.29, 0.717) is 12.3 Å². The molecule has 1 aliphatic rings. The van der Waals surface area contributed by atoms with Crippen molar-refractivity contribution in [1.82, 2.24) is 5.32 Å². The summed E-state index contributed by atoms with van der Waals surface area (Å²) in [5, 5.41) is 2.71. The number of sulfone groups is 1. The SMILES string of the molecule is CCNC1CCC(C)CC1S(=O)(=O)c1ccccc1F. The zero-order valence-electron chi connectivity index (χ0n) is 12.0. The Balaban J connectivity index is 2.37. The molecule has 1 fully saturated rings. The molecule has 0 amide bonds. The molecule has 1 aromatic rings. The first-order chi connectivity index (χ1) is 9.46. The summed E-state index contributed by atoms with van der Waals surface area (Å²) in [6, 6.07) is 5.58. The van der Waals surface area contributed by atoms with Gasteiger partial charge in [-0.1, -0.05) is 26.0 Å². The summed E-state index contributed by atoms with van der Waals surface area (Å²) in [5.41, 5.74) is 0. The van der Waals surface area contributed by atoms with E-state index in [2.05, 4.69) is 12.2 Å². The zero-order valence-corrected chi connectivity index (χ0v) is 12.8. The Hall–Kier alpha value is -0.940. The van der Waals surface area contributed by atoms with E-state index in [-0.39, 0.29) is 10.9 Å². The highest BCUT2D eigenvalue weighted by Gasteiger charge is 2.39. The van der Waals surface area contributed by atoms with Gasteiger partial charge in [-0.15, -0.1) is 0 Å². The largest absolute Gasteiger partial charge is 0.313 e. The Morgan fingerprint density at radius 1 is 1.30 bits per heavy atom. The summed E-state index contributed by atoms with van der Waals surface area (Å²) >= 11 is 0. The minimum Gasteiger partial charge on any atom is -0.313 e. The molecule has 0 radical (unpaired) electrons. The van der Waals surface area contributed by atoms with Crippen LogP contribution >= 0.6 is 0 Å². The van der Waals surface area contributed by atoms with Gasteiger partial charge in [-0.05, 0) is 43.9 Å². The second-order valence-corrected chi connectivity index (χ2v) is 7.73. The van der Waals surface area contributed by atoms with Crippen LogP contribution in [0.2, 0.25) is 0 Å². The standard InChI is InChI=1S/C15H22FNO2S/c1-3-17-13-9-8-11(2)10-15(13)20(18,19)14-7-5-4-6-12(14)16/h4-7,11,13,15,17H,3,8-10H2,1-2H3. The van der Waals surface area contributed by atoms with Crippen molar-refractivity contribution >= 4 is 9.84 Å². The first-order valence-electron chi connectivity index (χ1n) is 7.18. The molecule has 112 valence electrons. The monoisotopic (exact) mass is 299 g/mol. The molecule has 1 N–H and O–H groups in total. The molecule has 0 heterocycles. The van der Waals surface area contributed by atoms with Crippen molar-refractivity contribution in [2.75, 3.05) is 6.54 Å². The third-order valence-corrected chi connectivity index (χ3v) is 6.32. The fourth-order valence-electron chi connectivity index (χ4n) is 3.01. The van der Waals surface area contributed by atoms with Crippen LogP contribution in [0.15, 0.2) is 29.2 Å². The van der Waals surface area contributed by atoms with Crippen molar-refractivity contribution in [2.24, 2.45) is 5.92 Å². The number of rotatable bonds is 4. The smallest absolute Gasteiger partial charge is 0.185 e. The van der Waals surface area contributed by atoms with E-state index in [1.165, 1.54) is 18.2 Å². The van der Waals surface area contributed by atoms with E-state index < -0.39 is 20.9 Å². The molecule has 3 atom stereocenters. The second kappa shape index (κ2) is 6.22. The molecule has 2 rings (SSSR count). The highest BCUT2D eigenvalue weighted by atomic mass is 32.2. The van der Waals surface area contributed by atoms with Gasteiger partial charge in [0.2, 0.25) is 0 Å². The highest BCUT2D eigenvalue weighted by molar-refractivity contribution is 7.92. The molecule has 0 saturated heterocycles. The lowest BCUT2D eigenvalue weighted by Gasteiger charge is -2.35. The number of nitrogens with one attached hydrogen (secondary N) is 1. The van der Waals surface area contributed by atoms with Gasteiger partial charge in [0.05, 0.1) is 5.25 Å². The van der Waals surface area contributed by atoms with Crippen molar-refractivity contribution in [1.29, 1.82) is 0 Å². The Morgan fingerprint density at radius 2 is 2.00 bits per heavy atom. The van der Waals surface area contributed by atoms with Crippen molar-refractivity contribution < 1.29 is 12.8 Å². The van der Waals surface area contributed by atoms with E-state index in [1.807, 2.05) is 6.92 Å². The van der Waals surface area contributed by atoms with Crippen LogP contribution in [0.5, 0.6) is 0 Å². The minimum absolute atomic E-state index is 0.0826. The minimum atomic E-state index is -3.63. The summed E-state index contributed by atoms with van der Waals surface area (Å²) in [6.45, 7) is 4.75. The zero-order chi connectivity index (χ0) is 14.8. The van der Waals surface area contributed by atoms with Crippen molar-refractivity contribution in [2.45, 2.75) is 49.3 Å². The lowest BCUT2D eigenvalue weighted by Crippen LogP contribution is -2.47. The van der Waals surface area contributed by atoms with Gasteiger partial charge in [-0.3, -0.25) is 0 Å². The van der Waals surface area contributed by atoms with Crippen molar-refractivity contribution in [3.8, 4) is 0 Å². The molecule has 20 heavy (non-hydrogen) atoms. The molecular formula is C15H22FNO2S. The lowest BCUT2D eigenvalue weighted by molar-refractivity contribution is 0.311. The van der Waals surface area contributed by atoms with Gasteiger partial charge in [-0.25, -0.2) is 12.8 Å². The van der Waals surface area contributed by atoms with Crippen LogP contribution in [-0.4, -0.2) is 26.3 Å². The molecular weight excluding hydrogens is 277 g/mol. The van der Waals surface area contributed by atoms with Gasteiger partial charge < -0.3 is 5.32 Å². The maximum absolute atomic E-state index is 13.9. The van der Waals surface area contributed by atoms with Gasteiger partial charge in [0.1, 0.15) is 10.7 Å². The molecule has 1 aliphatic carbocycles. The maximum Gasteiger partial charge on any atom is 0.185 e. The third-order valence-electron chi connectivity index (χ3n) is 4.06. The van der Waals surface area contributed by atoms with Crippen LogP contribution in [0.3, 0.4) is 0 Å². The molecule has 3 unspecified atom stereocenters. The van der Waals surface area contributed by atoms with Gasteiger partial charge in [0.25, 0.3) is 0 Å². The summed E-state index contributed by atoms with van der Waals surface area (Å²) in [5.74, 6) is -0.294. The van der Waals surface area contributed by atoms with E-state index in [9.17, 15) is 12.8 Å². The summed E-state index contributed by atoms with van der Waals surface area (Å²) < 4.78 is 39.4. The fraction of sp³-hybridized carbons (Fsp3) is 0.600. The Labute approximate surface area is 120 Å². The number of hydrogen-bond acceptors (Lipinski definition) is 3. The van der Waals surface area contributed by atoms with E-state index in [1.54, 1.807) is 6.07 Å². The van der Waals surface area contributed by atoms with Crippen molar-refractivity contribution in [3.05, 3.63) is 30.1 Å². The first kappa shape index (κ1) is 15.4. The predicted molar refractivity (Wildman–Crippen MR) is 77.9 cm³/mol. The molecule has 0 spiro atoms. The third kappa shape index (κ3) is 3.04. The highest BCUT2D eigenvalue weighted by Crippen LogP contribution is 2.33. The van der Waals surface area contributed by atoms with Crippen LogP contribution in [0.1, 0.15) is 33.1 Å². The van der Waals surface area contributed by atoms with Crippen LogP contribution in [0, 0.1) is 11.7 Å². The average molecular weight is 299 g/mol. The molecule has 0 aliphatic heterocycles. The summed E-state index contributed by atoms with van der Waals surface area (Å²) in [6.07, 6.45) is 2.43. The van der Waals surface area contributed by atoms with Crippen LogP contribution < -0.4 is 5.32 Å². The topological polar surface area (TPSA) is 46.2 Å². The normalized spacial score (nSPS) is 27.4. The van der Waals surface area contributed by atoms with E-state index in [0.717, 1.165) is 19.4 Å². The number of halogens is 1. The fourth-order valence-corrected chi connectivity index (χ4v) is 5.19. The second-order valence-electron chi connectivity index (χ2n) is 5.60. The molecule has 0 aromatic heterocycles. The lowest BCUT2D eigenvalue weighted by atomic mass is 9.87.